The zero-order chi connectivity index (χ0) is 20.4. The Labute approximate surface area is 160 Å². The van der Waals surface area contributed by atoms with Crippen LogP contribution in [-0.4, -0.2) is 65.1 Å². The number of carbonyl (C=O) groups excluding carboxylic acids is 4. The molecular weight excluding hydrogens is 348 g/mol. The summed E-state index contributed by atoms with van der Waals surface area (Å²) in [6.45, 7) is 8.62. The molecule has 0 spiro atoms. The van der Waals surface area contributed by atoms with Crippen LogP contribution in [-0.2, 0) is 14.4 Å². The molecule has 2 aliphatic rings. The summed E-state index contributed by atoms with van der Waals surface area (Å²) in [5, 5.41) is 2.45. The van der Waals surface area contributed by atoms with E-state index in [1.807, 2.05) is 27.7 Å². The number of nitrogens with two attached hydrogens (primary N) is 1. The molecule has 2 atom stereocenters. The van der Waals surface area contributed by atoms with Gasteiger partial charge in [-0.15, -0.1) is 0 Å². The lowest BCUT2D eigenvalue weighted by molar-refractivity contribution is -0.144. The van der Waals surface area contributed by atoms with Crippen molar-refractivity contribution in [3.8, 4) is 0 Å². The fourth-order valence-electron chi connectivity index (χ4n) is 3.74. The van der Waals surface area contributed by atoms with Crippen LogP contribution in [0.3, 0.4) is 0 Å². The van der Waals surface area contributed by atoms with Crippen molar-refractivity contribution in [1.82, 2.24) is 15.1 Å². The highest BCUT2D eigenvalue weighted by Crippen LogP contribution is 2.34. The van der Waals surface area contributed by atoms with Crippen molar-refractivity contribution in [2.24, 2.45) is 17.1 Å². The number of nitrogens with one attached hydrogen (secondary N) is 1. The van der Waals surface area contributed by atoms with Crippen molar-refractivity contribution >= 4 is 23.6 Å². The molecule has 0 radical (unpaired) electrons. The minimum absolute atomic E-state index is 0.0890. The van der Waals surface area contributed by atoms with Gasteiger partial charge in [0, 0.05) is 18.5 Å². The van der Waals surface area contributed by atoms with Crippen molar-refractivity contribution in [2.75, 3.05) is 19.6 Å². The number of hydrogen-bond acceptors (Lipinski definition) is 4. The molecule has 3 N–H and O–H groups in total. The van der Waals surface area contributed by atoms with Gasteiger partial charge in [0.05, 0.1) is 12.6 Å². The summed E-state index contributed by atoms with van der Waals surface area (Å²) in [6, 6.07) is -1.48. The highest BCUT2D eigenvalue weighted by molar-refractivity contribution is 5.96. The van der Waals surface area contributed by atoms with Crippen molar-refractivity contribution in [1.29, 1.82) is 0 Å². The molecule has 0 aliphatic carbocycles. The molecule has 4 amide bonds. The Morgan fingerprint density at radius 2 is 1.59 bits per heavy atom. The molecule has 0 aromatic rings. The summed E-state index contributed by atoms with van der Waals surface area (Å²) in [5.41, 5.74) is 4.55. The molecular formula is C19H32N4O4. The fraction of sp³-hybridized carbons (Fsp3) is 0.789. The first-order valence-electron chi connectivity index (χ1n) is 9.75. The molecule has 152 valence electrons. The lowest BCUT2D eigenvalue weighted by atomic mass is 9.74. The van der Waals surface area contributed by atoms with Gasteiger partial charge in [-0.2, -0.15) is 0 Å². The molecule has 0 bridgehead atoms. The zero-order valence-electron chi connectivity index (χ0n) is 16.8. The maximum absolute atomic E-state index is 13.2. The number of hydrogen-bond donors (Lipinski definition) is 2. The number of urea groups is 1. The molecule has 8 heteroatoms. The molecule has 0 aromatic heterocycles. The molecule has 2 saturated heterocycles. The maximum atomic E-state index is 13.2. The zero-order valence-corrected chi connectivity index (χ0v) is 16.8. The van der Waals surface area contributed by atoms with Gasteiger partial charge in [0.25, 0.3) is 0 Å². The highest BCUT2D eigenvalue weighted by Gasteiger charge is 2.45. The highest BCUT2D eigenvalue weighted by atomic mass is 16.2. The van der Waals surface area contributed by atoms with Crippen LogP contribution >= 0.6 is 0 Å². The van der Waals surface area contributed by atoms with E-state index < -0.39 is 29.4 Å². The summed E-state index contributed by atoms with van der Waals surface area (Å²) < 4.78 is 0. The number of ketones is 1. The molecule has 8 nitrogen and oxygen atoms in total. The Morgan fingerprint density at radius 3 is 2.15 bits per heavy atom. The normalized spacial score (nSPS) is 23.0. The fourth-order valence-corrected chi connectivity index (χ4v) is 3.74. The van der Waals surface area contributed by atoms with Crippen LogP contribution in [0, 0.1) is 11.3 Å². The Kier molecular flexibility index (Phi) is 6.49. The third-order valence-electron chi connectivity index (χ3n) is 6.13. The van der Waals surface area contributed by atoms with Crippen LogP contribution in [0.25, 0.3) is 0 Å². The predicted molar refractivity (Wildman–Crippen MR) is 101 cm³/mol. The summed E-state index contributed by atoms with van der Waals surface area (Å²) in [5.74, 6) is -0.542. The average Bonchev–Trinajstić information content (AvgIpc) is 3.27. The minimum atomic E-state index is -0.633. The van der Waals surface area contributed by atoms with Crippen molar-refractivity contribution in [2.45, 2.75) is 65.5 Å². The van der Waals surface area contributed by atoms with E-state index in [-0.39, 0.29) is 24.2 Å². The molecule has 2 heterocycles. The number of rotatable bonds is 6. The van der Waals surface area contributed by atoms with Crippen LogP contribution in [0.2, 0.25) is 0 Å². The van der Waals surface area contributed by atoms with Gasteiger partial charge >= 0.3 is 6.03 Å². The Balaban J connectivity index is 2.11. The van der Waals surface area contributed by atoms with Gasteiger partial charge in [-0.25, -0.2) is 4.79 Å². The first kappa shape index (κ1) is 21.2. The van der Waals surface area contributed by atoms with Gasteiger partial charge in [-0.1, -0.05) is 27.7 Å². The van der Waals surface area contributed by atoms with Crippen molar-refractivity contribution in [3.63, 3.8) is 0 Å². The summed E-state index contributed by atoms with van der Waals surface area (Å²) in [4.78, 5) is 52.6. The van der Waals surface area contributed by atoms with E-state index >= 15 is 0 Å². The smallest absolute Gasteiger partial charge is 0.318 e. The van der Waals surface area contributed by atoms with Crippen LogP contribution < -0.4 is 11.1 Å². The number of carbonyl (C=O) groups is 4. The summed E-state index contributed by atoms with van der Waals surface area (Å²) in [6.07, 6.45) is 2.73. The number of likely N-dealkylation sites (tertiary alicyclic amines) is 2. The summed E-state index contributed by atoms with van der Waals surface area (Å²) >= 11 is 0. The predicted octanol–water partition coefficient (Wildman–Crippen LogP) is 0.888. The molecule has 2 unspecified atom stereocenters. The average molecular weight is 380 g/mol. The molecule has 27 heavy (non-hydrogen) atoms. The third kappa shape index (κ3) is 4.42. The van der Waals surface area contributed by atoms with Gasteiger partial charge in [-0.05, 0) is 31.6 Å². The van der Waals surface area contributed by atoms with E-state index in [2.05, 4.69) is 5.32 Å². The Morgan fingerprint density at radius 1 is 1.04 bits per heavy atom. The van der Waals surface area contributed by atoms with Crippen LogP contribution in [0.1, 0.15) is 53.4 Å². The van der Waals surface area contributed by atoms with E-state index in [4.69, 9.17) is 5.73 Å². The first-order valence-corrected chi connectivity index (χ1v) is 9.75. The van der Waals surface area contributed by atoms with Gasteiger partial charge in [0.15, 0.2) is 5.78 Å². The number of Topliss-reactive ketones (excluding diaryl/α,β-unsaturated/α-hetero) is 1. The lowest BCUT2D eigenvalue weighted by Gasteiger charge is -2.36. The third-order valence-corrected chi connectivity index (χ3v) is 6.13. The van der Waals surface area contributed by atoms with Gasteiger partial charge in [0.1, 0.15) is 6.04 Å². The van der Waals surface area contributed by atoms with Gasteiger partial charge in [0.2, 0.25) is 11.8 Å². The molecule has 2 rings (SSSR count). The Hall–Kier alpha value is -2.12. The van der Waals surface area contributed by atoms with Gasteiger partial charge in [-0.3, -0.25) is 14.4 Å². The standard InChI is InChI=1S/C19H32N4O4/c1-12(2)19(3,4)16(25)13-7-5-9-22(13)17(26)14-8-6-10-23(14)18(27)21-11-15(20)24/h12-14H,5-11H2,1-4H3,(H2,20,24)(H,21,27). The Bertz CT molecular complexity index is 617. The molecule has 2 fully saturated rings. The monoisotopic (exact) mass is 380 g/mol. The van der Waals surface area contributed by atoms with E-state index in [1.54, 1.807) is 4.90 Å². The molecule has 0 aromatic carbocycles. The van der Waals surface area contributed by atoms with Crippen LogP contribution in [0.4, 0.5) is 4.79 Å². The first-order chi connectivity index (χ1) is 12.6. The number of primary amides is 1. The second kappa shape index (κ2) is 8.27. The van der Waals surface area contributed by atoms with E-state index in [9.17, 15) is 19.2 Å². The minimum Gasteiger partial charge on any atom is -0.368 e. The second-order valence-electron chi connectivity index (χ2n) is 8.41. The van der Waals surface area contributed by atoms with Gasteiger partial charge < -0.3 is 20.9 Å². The van der Waals surface area contributed by atoms with E-state index in [0.29, 0.717) is 32.4 Å². The number of amides is 4. The van der Waals surface area contributed by atoms with E-state index in [1.165, 1.54) is 4.90 Å². The summed E-state index contributed by atoms with van der Waals surface area (Å²) in [7, 11) is 0. The van der Waals surface area contributed by atoms with Crippen molar-refractivity contribution in [3.05, 3.63) is 0 Å². The largest absolute Gasteiger partial charge is 0.368 e. The SMILES string of the molecule is CC(C)C(C)(C)C(=O)C1CCCN1C(=O)C1CCCN1C(=O)NCC(N)=O. The molecule has 2 aliphatic heterocycles. The lowest BCUT2D eigenvalue weighted by Crippen LogP contribution is -2.55. The topological polar surface area (TPSA) is 113 Å². The quantitative estimate of drug-likeness (QED) is 0.712. The van der Waals surface area contributed by atoms with E-state index in [0.717, 1.165) is 6.42 Å². The van der Waals surface area contributed by atoms with Crippen molar-refractivity contribution < 1.29 is 19.2 Å². The molecule has 0 saturated carbocycles. The maximum Gasteiger partial charge on any atom is 0.318 e. The van der Waals surface area contributed by atoms with Crippen LogP contribution in [0.5, 0.6) is 0 Å². The van der Waals surface area contributed by atoms with Crippen LogP contribution in [0.15, 0.2) is 0 Å². The number of nitrogens with zero attached hydrogens (tertiary/aromatic N) is 2. The second-order valence-corrected chi connectivity index (χ2v) is 8.41.